The van der Waals surface area contributed by atoms with Gasteiger partial charge in [0.05, 0.1) is 6.54 Å². The molecular formula is C15H27N3S. The van der Waals surface area contributed by atoms with Gasteiger partial charge in [-0.3, -0.25) is 4.90 Å². The van der Waals surface area contributed by atoms with E-state index in [-0.39, 0.29) is 5.54 Å². The second kappa shape index (κ2) is 5.90. The van der Waals surface area contributed by atoms with Gasteiger partial charge in [0.25, 0.3) is 0 Å². The molecule has 108 valence electrons. The van der Waals surface area contributed by atoms with Crippen molar-refractivity contribution in [1.82, 2.24) is 15.2 Å². The van der Waals surface area contributed by atoms with Gasteiger partial charge in [0, 0.05) is 35.7 Å². The number of piperazine rings is 1. The molecule has 0 saturated carbocycles. The van der Waals surface area contributed by atoms with E-state index < -0.39 is 0 Å². The van der Waals surface area contributed by atoms with E-state index in [2.05, 4.69) is 55.2 Å². The third-order valence-electron chi connectivity index (χ3n) is 3.87. The zero-order valence-corrected chi connectivity index (χ0v) is 13.7. The number of rotatable bonds is 4. The van der Waals surface area contributed by atoms with Gasteiger partial charge in [-0.1, -0.05) is 13.8 Å². The normalized spacial score (nSPS) is 24.0. The largest absolute Gasteiger partial charge is 0.311 e. The van der Waals surface area contributed by atoms with Crippen LogP contribution >= 0.6 is 11.3 Å². The Morgan fingerprint density at radius 1 is 1.53 bits per heavy atom. The molecule has 0 amide bonds. The van der Waals surface area contributed by atoms with Crippen LogP contribution in [0.5, 0.6) is 0 Å². The molecule has 1 aromatic rings. The number of hydrogen-bond donors (Lipinski definition) is 1. The highest BCUT2D eigenvalue weighted by atomic mass is 32.1. The van der Waals surface area contributed by atoms with Crippen LogP contribution in [-0.4, -0.2) is 34.6 Å². The zero-order chi connectivity index (χ0) is 14.0. The van der Waals surface area contributed by atoms with Gasteiger partial charge < -0.3 is 5.32 Å². The minimum Gasteiger partial charge on any atom is -0.311 e. The van der Waals surface area contributed by atoms with Crippen LogP contribution in [-0.2, 0) is 6.54 Å². The number of thiazole rings is 1. The first-order valence-electron chi connectivity index (χ1n) is 7.26. The van der Waals surface area contributed by atoms with Gasteiger partial charge in [-0.05, 0) is 33.1 Å². The Bertz CT molecular complexity index is 411. The van der Waals surface area contributed by atoms with E-state index in [0.29, 0.717) is 6.04 Å². The van der Waals surface area contributed by atoms with Gasteiger partial charge in [0.2, 0.25) is 0 Å². The summed E-state index contributed by atoms with van der Waals surface area (Å²) in [5.41, 5.74) is 1.36. The lowest BCUT2D eigenvalue weighted by Gasteiger charge is -2.46. The molecule has 1 atom stereocenters. The monoisotopic (exact) mass is 281 g/mol. The Hall–Kier alpha value is -0.450. The third kappa shape index (κ3) is 4.01. The van der Waals surface area contributed by atoms with Crippen LogP contribution in [0.3, 0.4) is 0 Å². The summed E-state index contributed by atoms with van der Waals surface area (Å²) in [6.45, 7) is 14.5. The predicted octanol–water partition coefficient (Wildman–Crippen LogP) is 3.05. The second-order valence-electron chi connectivity index (χ2n) is 6.78. The highest BCUT2D eigenvalue weighted by molar-refractivity contribution is 7.09. The fourth-order valence-electron chi connectivity index (χ4n) is 2.73. The molecule has 1 aromatic heterocycles. The fraction of sp³-hybridized carbons (Fsp3) is 0.800. The standard InChI is InChI=1S/C15H27N3S/c1-11(2)6-13-7-18(15(4,5)10-16-13)8-14-17-12(3)9-19-14/h9,11,13,16H,6-8,10H2,1-5H3. The van der Waals surface area contributed by atoms with Gasteiger partial charge in [-0.15, -0.1) is 11.3 Å². The SMILES string of the molecule is Cc1csc(CN2CC(CC(C)C)NCC2(C)C)n1. The molecule has 1 fully saturated rings. The van der Waals surface area contributed by atoms with Crippen molar-refractivity contribution < 1.29 is 0 Å². The van der Waals surface area contributed by atoms with Crippen LogP contribution in [0.2, 0.25) is 0 Å². The lowest BCUT2D eigenvalue weighted by molar-refractivity contribution is 0.0535. The van der Waals surface area contributed by atoms with E-state index in [9.17, 15) is 0 Å². The number of nitrogens with zero attached hydrogens (tertiary/aromatic N) is 2. The first-order valence-corrected chi connectivity index (χ1v) is 8.14. The Morgan fingerprint density at radius 3 is 2.84 bits per heavy atom. The van der Waals surface area contributed by atoms with E-state index in [1.54, 1.807) is 11.3 Å². The molecule has 0 aliphatic carbocycles. The highest BCUT2D eigenvalue weighted by Crippen LogP contribution is 2.24. The van der Waals surface area contributed by atoms with Crippen LogP contribution in [0, 0.1) is 12.8 Å². The maximum absolute atomic E-state index is 4.61. The van der Waals surface area contributed by atoms with E-state index in [1.807, 2.05) is 0 Å². The smallest absolute Gasteiger partial charge is 0.107 e. The van der Waals surface area contributed by atoms with Crippen molar-refractivity contribution >= 4 is 11.3 Å². The maximum atomic E-state index is 4.61. The lowest BCUT2D eigenvalue weighted by atomic mass is 9.94. The van der Waals surface area contributed by atoms with E-state index >= 15 is 0 Å². The summed E-state index contributed by atoms with van der Waals surface area (Å²) in [6.07, 6.45) is 1.25. The average molecular weight is 281 g/mol. The number of nitrogens with one attached hydrogen (secondary N) is 1. The average Bonchev–Trinajstić information content (AvgIpc) is 2.69. The molecule has 2 rings (SSSR count). The molecule has 1 saturated heterocycles. The molecule has 3 nitrogen and oxygen atoms in total. The quantitative estimate of drug-likeness (QED) is 0.919. The van der Waals surface area contributed by atoms with E-state index in [1.165, 1.54) is 11.4 Å². The topological polar surface area (TPSA) is 28.2 Å². The number of aromatic nitrogens is 1. The molecular weight excluding hydrogens is 254 g/mol. The first kappa shape index (κ1) is 14.9. The third-order valence-corrected chi connectivity index (χ3v) is 4.82. The van der Waals surface area contributed by atoms with Crippen LogP contribution in [0.25, 0.3) is 0 Å². The molecule has 0 radical (unpaired) electrons. The summed E-state index contributed by atoms with van der Waals surface area (Å²) in [7, 11) is 0. The van der Waals surface area contributed by atoms with Crippen LogP contribution < -0.4 is 5.32 Å². The molecule has 1 unspecified atom stereocenters. The summed E-state index contributed by atoms with van der Waals surface area (Å²) in [4.78, 5) is 7.20. The predicted molar refractivity (Wildman–Crippen MR) is 82.6 cm³/mol. The lowest BCUT2D eigenvalue weighted by Crippen LogP contribution is -2.61. The summed E-state index contributed by atoms with van der Waals surface area (Å²) >= 11 is 1.79. The zero-order valence-electron chi connectivity index (χ0n) is 12.9. The van der Waals surface area contributed by atoms with Crippen molar-refractivity contribution in [3.63, 3.8) is 0 Å². The molecule has 0 bridgehead atoms. The van der Waals surface area contributed by atoms with Gasteiger partial charge in [-0.25, -0.2) is 4.98 Å². The second-order valence-corrected chi connectivity index (χ2v) is 7.73. The van der Waals surface area contributed by atoms with Crippen LogP contribution in [0.4, 0.5) is 0 Å². The van der Waals surface area contributed by atoms with Crippen molar-refractivity contribution in [3.05, 3.63) is 16.1 Å². The first-order chi connectivity index (χ1) is 8.87. The van der Waals surface area contributed by atoms with Crippen molar-refractivity contribution in [2.45, 2.75) is 59.2 Å². The molecule has 0 spiro atoms. The summed E-state index contributed by atoms with van der Waals surface area (Å²) in [6, 6.07) is 0.620. The Labute approximate surface area is 121 Å². The number of hydrogen-bond acceptors (Lipinski definition) is 4. The molecule has 0 aromatic carbocycles. The molecule has 19 heavy (non-hydrogen) atoms. The summed E-state index contributed by atoms with van der Waals surface area (Å²) < 4.78 is 0. The van der Waals surface area contributed by atoms with Crippen LogP contribution in [0.15, 0.2) is 5.38 Å². The molecule has 2 heterocycles. The Morgan fingerprint density at radius 2 is 2.26 bits per heavy atom. The van der Waals surface area contributed by atoms with Gasteiger partial charge in [0.1, 0.15) is 5.01 Å². The molecule has 1 aliphatic rings. The summed E-state index contributed by atoms with van der Waals surface area (Å²) in [5, 5.41) is 7.10. The fourth-order valence-corrected chi connectivity index (χ4v) is 3.51. The molecule has 4 heteroatoms. The van der Waals surface area contributed by atoms with Gasteiger partial charge in [0.15, 0.2) is 0 Å². The highest BCUT2D eigenvalue weighted by Gasteiger charge is 2.34. The molecule has 1 N–H and O–H groups in total. The Balaban J connectivity index is 2.02. The van der Waals surface area contributed by atoms with Crippen molar-refractivity contribution in [3.8, 4) is 0 Å². The number of aryl methyl sites for hydroxylation is 1. The van der Waals surface area contributed by atoms with Crippen LogP contribution in [0.1, 0.15) is 44.8 Å². The molecule has 1 aliphatic heterocycles. The van der Waals surface area contributed by atoms with Crippen molar-refractivity contribution in [2.24, 2.45) is 5.92 Å². The van der Waals surface area contributed by atoms with E-state index in [0.717, 1.165) is 31.2 Å². The van der Waals surface area contributed by atoms with Crippen molar-refractivity contribution in [1.29, 1.82) is 0 Å². The summed E-state index contributed by atoms with van der Waals surface area (Å²) in [5.74, 6) is 0.752. The van der Waals surface area contributed by atoms with Crippen molar-refractivity contribution in [2.75, 3.05) is 13.1 Å². The minimum atomic E-state index is 0.215. The maximum Gasteiger partial charge on any atom is 0.107 e. The van der Waals surface area contributed by atoms with Gasteiger partial charge in [-0.2, -0.15) is 0 Å². The Kier molecular flexibility index (Phi) is 4.64. The van der Waals surface area contributed by atoms with Gasteiger partial charge >= 0.3 is 0 Å². The van der Waals surface area contributed by atoms with E-state index in [4.69, 9.17) is 0 Å². The minimum absolute atomic E-state index is 0.215.